The van der Waals surface area contributed by atoms with Crippen LogP contribution in [0.15, 0.2) is 86.3 Å². The highest BCUT2D eigenvalue weighted by Crippen LogP contribution is 2.24. The Morgan fingerprint density at radius 2 is 1.89 bits per heavy atom. The van der Waals surface area contributed by atoms with Crippen molar-refractivity contribution in [3.8, 4) is 17.2 Å². The molecule has 1 N–H and O–H groups in total. The summed E-state index contributed by atoms with van der Waals surface area (Å²) in [5.74, 6) is 0.886. The van der Waals surface area contributed by atoms with Gasteiger partial charge in [0.05, 0.1) is 42.8 Å². The van der Waals surface area contributed by atoms with Crippen LogP contribution in [-0.4, -0.2) is 41.6 Å². The van der Waals surface area contributed by atoms with Crippen LogP contribution in [0.1, 0.15) is 5.56 Å². The Hall–Kier alpha value is -3.63. The third-order valence-electron chi connectivity index (χ3n) is 5.00. The summed E-state index contributed by atoms with van der Waals surface area (Å²) in [5, 5.41) is 4.93. The molecule has 0 saturated heterocycles. The number of hydrogen-bond donors (Lipinski definition) is 1. The molecule has 0 unspecified atom stereocenters. The van der Waals surface area contributed by atoms with Gasteiger partial charge in [0.25, 0.3) is 11.5 Å². The number of nitrogens with one attached hydrogen (secondary N) is 1. The van der Waals surface area contributed by atoms with Crippen LogP contribution in [-0.2, 0) is 4.79 Å². The number of hydrogen-bond acceptors (Lipinski definition) is 7. The van der Waals surface area contributed by atoms with Gasteiger partial charge in [0.15, 0.2) is 5.16 Å². The second-order valence-corrected chi connectivity index (χ2v) is 9.08. The predicted molar refractivity (Wildman–Crippen MR) is 141 cm³/mol. The molecule has 178 valence electrons. The number of methoxy groups -OCH3 is 2. The van der Waals surface area contributed by atoms with Crippen molar-refractivity contribution >= 4 is 50.7 Å². The lowest BCUT2D eigenvalue weighted by molar-refractivity contribution is -0.118. The molecule has 4 rings (SSSR count). The van der Waals surface area contributed by atoms with Gasteiger partial charge in [-0.1, -0.05) is 39.8 Å². The molecule has 0 atom stereocenters. The fourth-order valence-corrected chi connectivity index (χ4v) is 4.36. The Kier molecular flexibility index (Phi) is 7.84. The third-order valence-corrected chi connectivity index (χ3v) is 6.46. The van der Waals surface area contributed by atoms with Crippen LogP contribution in [0.2, 0.25) is 0 Å². The van der Waals surface area contributed by atoms with Crippen LogP contribution in [0.5, 0.6) is 11.5 Å². The van der Waals surface area contributed by atoms with Gasteiger partial charge < -0.3 is 9.47 Å². The lowest BCUT2D eigenvalue weighted by atomic mass is 10.2. The lowest BCUT2D eigenvalue weighted by Crippen LogP contribution is -2.24. The predicted octanol–water partition coefficient (Wildman–Crippen LogP) is 4.41. The van der Waals surface area contributed by atoms with Gasteiger partial charge in [-0.2, -0.15) is 5.10 Å². The van der Waals surface area contributed by atoms with Crippen molar-refractivity contribution in [1.82, 2.24) is 15.0 Å². The summed E-state index contributed by atoms with van der Waals surface area (Å²) >= 11 is 4.57. The van der Waals surface area contributed by atoms with Crippen LogP contribution in [0.25, 0.3) is 16.6 Å². The van der Waals surface area contributed by atoms with Gasteiger partial charge in [0, 0.05) is 16.1 Å². The molecular formula is C25H21BrN4O4S. The fourth-order valence-electron chi connectivity index (χ4n) is 3.29. The van der Waals surface area contributed by atoms with Gasteiger partial charge in [-0.3, -0.25) is 14.2 Å². The number of ether oxygens (including phenoxy) is 2. The summed E-state index contributed by atoms with van der Waals surface area (Å²) in [5.41, 5.74) is 4.20. The quantitative estimate of drug-likeness (QED) is 0.150. The average molecular weight is 553 g/mol. The lowest BCUT2D eigenvalue weighted by Gasteiger charge is -2.13. The number of fused-ring (bicyclic) bond motifs is 1. The van der Waals surface area contributed by atoms with Crippen LogP contribution < -0.4 is 20.5 Å². The van der Waals surface area contributed by atoms with Crippen LogP contribution in [0.4, 0.5) is 0 Å². The Morgan fingerprint density at radius 1 is 1.11 bits per heavy atom. The minimum atomic E-state index is -0.344. The number of nitrogens with zero attached hydrogens (tertiary/aromatic N) is 3. The molecule has 10 heteroatoms. The Bertz CT molecular complexity index is 1450. The summed E-state index contributed by atoms with van der Waals surface area (Å²) in [6.45, 7) is 0. The van der Waals surface area contributed by atoms with Crippen molar-refractivity contribution in [3.05, 3.63) is 87.1 Å². The van der Waals surface area contributed by atoms with E-state index >= 15 is 0 Å². The number of hydrazone groups is 1. The van der Waals surface area contributed by atoms with Crippen molar-refractivity contribution < 1.29 is 14.3 Å². The monoisotopic (exact) mass is 552 g/mol. The Morgan fingerprint density at radius 3 is 2.63 bits per heavy atom. The van der Waals surface area contributed by atoms with E-state index in [2.05, 4.69) is 31.4 Å². The molecule has 8 nitrogen and oxygen atoms in total. The van der Waals surface area contributed by atoms with E-state index < -0.39 is 0 Å². The van der Waals surface area contributed by atoms with Gasteiger partial charge in [0.1, 0.15) is 11.5 Å². The van der Waals surface area contributed by atoms with Gasteiger partial charge >= 0.3 is 0 Å². The van der Waals surface area contributed by atoms with E-state index in [-0.39, 0.29) is 17.2 Å². The standard InChI is InChI=1S/C25H21BrN4O4S/c1-33-19-12-7-16(22(13-19)34-2)14-27-29-23(31)15-35-25-28-21-6-4-3-5-20(21)24(32)30(25)18-10-8-17(26)9-11-18/h3-14H,15H2,1-2H3,(H,29,31). The normalized spacial score (nSPS) is 11.1. The first kappa shape index (κ1) is 24.5. The SMILES string of the molecule is COc1ccc(C=NNC(=O)CSc2nc3ccccc3c(=O)n2-c2ccc(Br)cc2)c(OC)c1. The molecule has 0 aliphatic heterocycles. The van der Waals surface area contributed by atoms with E-state index in [1.54, 1.807) is 50.6 Å². The summed E-state index contributed by atoms with van der Waals surface area (Å²) in [7, 11) is 3.12. The topological polar surface area (TPSA) is 94.8 Å². The third kappa shape index (κ3) is 5.72. The van der Waals surface area contributed by atoms with Crippen molar-refractivity contribution in [1.29, 1.82) is 0 Å². The van der Waals surface area contributed by atoms with Crippen molar-refractivity contribution in [2.45, 2.75) is 5.16 Å². The van der Waals surface area contributed by atoms with Crippen LogP contribution in [0, 0.1) is 0 Å². The Labute approximate surface area is 214 Å². The minimum absolute atomic E-state index is 0.0123. The molecule has 0 radical (unpaired) electrons. The van der Waals surface area contributed by atoms with E-state index in [9.17, 15) is 9.59 Å². The maximum Gasteiger partial charge on any atom is 0.266 e. The van der Waals surface area contributed by atoms with Crippen molar-refractivity contribution in [2.75, 3.05) is 20.0 Å². The summed E-state index contributed by atoms with van der Waals surface area (Å²) < 4.78 is 12.9. The van der Waals surface area contributed by atoms with Gasteiger partial charge in [0.2, 0.25) is 0 Å². The minimum Gasteiger partial charge on any atom is -0.497 e. The average Bonchev–Trinajstić information content (AvgIpc) is 2.88. The van der Waals surface area contributed by atoms with E-state index in [1.165, 1.54) is 10.8 Å². The molecule has 4 aromatic rings. The molecule has 0 spiro atoms. The van der Waals surface area contributed by atoms with Crippen LogP contribution in [0.3, 0.4) is 0 Å². The molecule has 0 saturated carbocycles. The zero-order chi connectivity index (χ0) is 24.8. The molecule has 35 heavy (non-hydrogen) atoms. The first-order chi connectivity index (χ1) is 17.0. The van der Waals surface area contributed by atoms with Crippen molar-refractivity contribution in [3.63, 3.8) is 0 Å². The summed E-state index contributed by atoms with van der Waals surface area (Å²) in [6, 6.07) is 19.7. The second-order valence-electron chi connectivity index (χ2n) is 7.22. The van der Waals surface area contributed by atoms with Gasteiger partial charge in [-0.15, -0.1) is 0 Å². The molecule has 1 amide bonds. The highest BCUT2D eigenvalue weighted by Gasteiger charge is 2.15. The number of carbonyl (C=O) groups excluding carboxylic acids is 1. The number of thioether (sulfide) groups is 1. The van der Waals surface area contributed by atoms with E-state index in [0.29, 0.717) is 38.8 Å². The van der Waals surface area contributed by atoms with E-state index in [4.69, 9.17) is 9.47 Å². The number of rotatable bonds is 8. The molecule has 0 aliphatic carbocycles. The number of para-hydroxylation sites is 1. The second kappa shape index (κ2) is 11.2. The highest BCUT2D eigenvalue weighted by atomic mass is 79.9. The zero-order valence-electron chi connectivity index (χ0n) is 18.9. The smallest absolute Gasteiger partial charge is 0.266 e. The maximum absolute atomic E-state index is 13.3. The Balaban J connectivity index is 1.53. The van der Waals surface area contributed by atoms with Crippen molar-refractivity contribution in [2.24, 2.45) is 5.10 Å². The summed E-state index contributed by atoms with van der Waals surface area (Å²) in [4.78, 5) is 30.4. The van der Waals surface area contributed by atoms with Gasteiger partial charge in [-0.25, -0.2) is 10.4 Å². The zero-order valence-corrected chi connectivity index (χ0v) is 21.3. The number of aromatic nitrogens is 2. The number of halogens is 1. The number of amides is 1. The molecule has 1 heterocycles. The summed E-state index contributed by atoms with van der Waals surface area (Å²) in [6.07, 6.45) is 1.49. The largest absolute Gasteiger partial charge is 0.497 e. The fraction of sp³-hybridized carbons (Fsp3) is 0.120. The molecule has 0 aliphatic rings. The molecular weight excluding hydrogens is 532 g/mol. The maximum atomic E-state index is 13.3. The number of carbonyl (C=O) groups is 1. The number of benzene rings is 3. The first-order valence-electron chi connectivity index (χ1n) is 10.4. The first-order valence-corrected chi connectivity index (χ1v) is 12.2. The van der Waals surface area contributed by atoms with Gasteiger partial charge in [-0.05, 0) is 48.5 Å². The molecule has 3 aromatic carbocycles. The highest BCUT2D eigenvalue weighted by molar-refractivity contribution is 9.10. The molecule has 1 aromatic heterocycles. The van der Waals surface area contributed by atoms with Crippen LogP contribution >= 0.6 is 27.7 Å². The van der Waals surface area contributed by atoms with E-state index in [0.717, 1.165) is 16.2 Å². The molecule has 0 fully saturated rings. The van der Waals surface area contributed by atoms with E-state index in [1.807, 2.05) is 30.3 Å². The molecule has 0 bridgehead atoms.